The van der Waals surface area contributed by atoms with Gasteiger partial charge >= 0.3 is 0 Å². The molecule has 2 fully saturated rings. The normalized spacial score (nSPS) is 30.8. The third-order valence-electron chi connectivity index (χ3n) is 2.66. The summed E-state index contributed by atoms with van der Waals surface area (Å²) in [5, 5.41) is 3.69. The molecular weight excluding hydrogens is 283 g/mol. The van der Waals surface area contributed by atoms with Crippen molar-refractivity contribution in [3.8, 4) is 0 Å². The second kappa shape index (κ2) is 4.02. The van der Waals surface area contributed by atoms with Crippen molar-refractivity contribution >= 4 is 34.6 Å². The van der Waals surface area contributed by atoms with Gasteiger partial charge in [0.2, 0.25) is 0 Å². The van der Waals surface area contributed by atoms with Gasteiger partial charge in [-0.15, -0.1) is 11.8 Å². The van der Waals surface area contributed by atoms with Gasteiger partial charge < -0.3 is 5.32 Å². The molecule has 0 aromatic heterocycles. The Balaban J connectivity index is 1.92. The Bertz CT molecular complexity index is 149. The zero-order valence-electron chi connectivity index (χ0n) is 7.18. The molecule has 2 aliphatic heterocycles. The largest absolute Gasteiger partial charge is 0.303 e. The minimum atomic E-state index is 0.458. The van der Waals surface area contributed by atoms with Crippen LogP contribution in [0.1, 0.15) is 19.3 Å². The summed E-state index contributed by atoms with van der Waals surface area (Å²) in [6, 6.07) is 0. The van der Waals surface area contributed by atoms with Crippen LogP contribution >= 0.6 is 34.6 Å². The average molecular weight is 298 g/mol. The van der Waals surface area contributed by atoms with E-state index in [-0.39, 0.29) is 0 Å². The monoisotopic (exact) mass is 298 g/mol. The molecule has 2 aliphatic rings. The molecule has 1 spiro atoms. The van der Waals surface area contributed by atoms with E-state index < -0.39 is 0 Å². The van der Waals surface area contributed by atoms with Crippen LogP contribution in [0.15, 0.2) is 0 Å². The van der Waals surface area contributed by atoms with Gasteiger partial charge in [0, 0.05) is 36.0 Å². The van der Waals surface area contributed by atoms with Crippen LogP contribution in [0, 0.1) is 0 Å². The number of rotatable bonds is 0. The highest BCUT2D eigenvalue weighted by atomic mass is 127. The Morgan fingerprint density at radius 2 is 2.08 bits per heavy atom. The first-order valence-electron chi connectivity index (χ1n) is 4.60. The van der Waals surface area contributed by atoms with E-state index in [1.54, 1.807) is 0 Å². The summed E-state index contributed by atoms with van der Waals surface area (Å²) in [4.78, 5) is 0.458. The molecule has 2 heterocycles. The fourth-order valence-corrected chi connectivity index (χ4v) is 3.71. The smallest absolute Gasteiger partial charge is 0.0670 e. The van der Waals surface area contributed by atoms with Crippen LogP contribution in [0.4, 0.5) is 0 Å². The number of thioether (sulfide) groups is 1. The van der Waals surface area contributed by atoms with E-state index in [0.717, 1.165) is 0 Å². The van der Waals surface area contributed by atoms with Gasteiger partial charge in [-0.2, -0.15) is 0 Å². The van der Waals surface area contributed by atoms with Gasteiger partial charge in [-0.05, 0) is 31.6 Å². The lowest BCUT2D eigenvalue weighted by Crippen LogP contribution is -2.51. The summed E-state index contributed by atoms with van der Waals surface area (Å²) in [6.45, 7) is 3.73. The molecule has 2 rings (SSSR count). The fraction of sp³-hybridized carbons (Fsp3) is 1.00. The molecule has 1 N–H and O–H groups in total. The number of halogens is 1. The van der Waals surface area contributed by atoms with Crippen LogP contribution < -0.4 is 5.32 Å². The maximum atomic E-state index is 3.69. The van der Waals surface area contributed by atoms with Crippen molar-refractivity contribution in [2.24, 2.45) is 0 Å². The lowest BCUT2D eigenvalue weighted by molar-refractivity contribution is 0.292. The Hall–Kier alpha value is 1.000. The van der Waals surface area contributed by atoms with Gasteiger partial charge in [-0.3, -0.25) is 0 Å². The third kappa shape index (κ3) is 2.08. The predicted octanol–water partition coefficient (Wildman–Crippen LogP) is 1.85. The Kier molecular flexibility index (Phi) is 3.20. The first kappa shape index (κ1) is 9.55. The van der Waals surface area contributed by atoms with E-state index in [1.807, 2.05) is 0 Å². The molecule has 70 valence electrons. The van der Waals surface area contributed by atoms with E-state index in [0.29, 0.717) is 4.87 Å². The number of hydrogen-bond acceptors (Lipinski definition) is 3. The van der Waals surface area contributed by atoms with Crippen molar-refractivity contribution in [1.82, 2.24) is 8.43 Å². The van der Waals surface area contributed by atoms with Gasteiger partial charge in [0.05, 0.1) is 4.87 Å². The summed E-state index contributed by atoms with van der Waals surface area (Å²) in [5.41, 5.74) is 0. The number of nitrogens with zero attached hydrogens (tertiary/aromatic N) is 1. The quantitative estimate of drug-likeness (QED) is 0.543. The summed E-state index contributed by atoms with van der Waals surface area (Å²) < 4.78 is 2.40. The van der Waals surface area contributed by atoms with E-state index in [1.165, 1.54) is 44.6 Å². The van der Waals surface area contributed by atoms with E-state index in [2.05, 4.69) is 43.1 Å². The summed E-state index contributed by atoms with van der Waals surface area (Å²) >= 11 is 4.58. The zero-order valence-corrected chi connectivity index (χ0v) is 10.2. The molecule has 12 heavy (non-hydrogen) atoms. The van der Waals surface area contributed by atoms with Crippen molar-refractivity contribution < 1.29 is 0 Å². The number of piperidine rings is 1. The molecule has 4 heteroatoms. The molecule has 0 unspecified atom stereocenters. The average Bonchev–Trinajstić information content (AvgIpc) is 2.13. The molecule has 2 nitrogen and oxygen atoms in total. The Morgan fingerprint density at radius 1 is 1.33 bits per heavy atom. The minimum absolute atomic E-state index is 0.458. The zero-order chi connectivity index (χ0) is 8.44. The van der Waals surface area contributed by atoms with Gasteiger partial charge in [0.15, 0.2) is 0 Å². The van der Waals surface area contributed by atoms with Crippen LogP contribution in [0.2, 0.25) is 0 Å². The number of nitrogens with one attached hydrogen (secondary N) is 1. The maximum absolute atomic E-state index is 3.69. The van der Waals surface area contributed by atoms with E-state index in [4.69, 9.17) is 0 Å². The van der Waals surface area contributed by atoms with Gasteiger partial charge in [0.1, 0.15) is 0 Å². The highest BCUT2D eigenvalue weighted by Crippen LogP contribution is 2.36. The molecule has 0 aliphatic carbocycles. The maximum Gasteiger partial charge on any atom is 0.0670 e. The molecular formula is C8H15IN2S. The topological polar surface area (TPSA) is 15.3 Å². The molecule has 0 aromatic rings. The highest BCUT2D eigenvalue weighted by molar-refractivity contribution is 14.1. The van der Waals surface area contributed by atoms with Gasteiger partial charge in [0.25, 0.3) is 0 Å². The first-order valence-corrected chi connectivity index (χ1v) is 6.56. The second-order valence-corrected chi connectivity index (χ2v) is 6.38. The van der Waals surface area contributed by atoms with Crippen molar-refractivity contribution in [3.05, 3.63) is 0 Å². The molecule has 0 bridgehead atoms. The lowest BCUT2D eigenvalue weighted by atomic mass is 10.1. The van der Waals surface area contributed by atoms with Crippen molar-refractivity contribution in [1.29, 1.82) is 0 Å². The first-order chi connectivity index (χ1) is 5.81. The third-order valence-corrected chi connectivity index (χ3v) is 5.23. The molecule has 0 aromatic carbocycles. The Morgan fingerprint density at radius 3 is 2.67 bits per heavy atom. The molecule has 2 saturated heterocycles. The molecule has 0 amide bonds. The highest BCUT2D eigenvalue weighted by Gasteiger charge is 2.35. The molecule has 0 radical (unpaired) electrons. The lowest BCUT2D eigenvalue weighted by Gasteiger charge is -2.42. The van der Waals surface area contributed by atoms with Crippen molar-refractivity contribution in [3.63, 3.8) is 0 Å². The summed E-state index contributed by atoms with van der Waals surface area (Å²) in [6.07, 6.45) is 3.99. The van der Waals surface area contributed by atoms with Gasteiger partial charge in [-0.25, -0.2) is 3.11 Å². The van der Waals surface area contributed by atoms with E-state index in [9.17, 15) is 0 Å². The number of hydrogen-bond donors (Lipinski definition) is 1. The van der Waals surface area contributed by atoms with Crippen molar-refractivity contribution in [2.75, 3.05) is 25.4 Å². The van der Waals surface area contributed by atoms with Gasteiger partial charge in [-0.1, -0.05) is 0 Å². The van der Waals surface area contributed by atoms with Crippen LogP contribution in [-0.2, 0) is 0 Å². The van der Waals surface area contributed by atoms with Crippen LogP contribution in [0.25, 0.3) is 0 Å². The van der Waals surface area contributed by atoms with Crippen LogP contribution in [0.3, 0.4) is 0 Å². The van der Waals surface area contributed by atoms with Crippen LogP contribution in [0.5, 0.6) is 0 Å². The SMILES string of the molecule is IN1CCC2(CC1)NCCCS2. The molecule has 0 atom stereocenters. The fourth-order valence-electron chi connectivity index (χ4n) is 1.87. The molecule has 0 saturated carbocycles. The second-order valence-electron chi connectivity index (χ2n) is 3.53. The Labute approximate surface area is 92.3 Å². The van der Waals surface area contributed by atoms with Crippen LogP contribution in [-0.4, -0.2) is 33.4 Å². The predicted molar refractivity (Wildman–Crippen MR) is 62.6 cm³/mol. The minimum Gasteiger partial charge on any atom is -0.303 e. The summed E-state index contributed by atoms with van der Waals surface area (Å²) in [7, 11) is 0. The van der Waals surface area contributed by atoms with Crippen molar-refractivity contribution in [2.45, 2.75) is 24.1 Å². The summed E-state index contributed by atoms with van der Waals surface area (Å²) in [5.74, 6) is 1.36. The standard InChI is InChI=1S/C8H15IN2S/c9-11-5-2-8(3-6-11)10-4-1-7-12-8/h10H,1-7H2. The van der Waals surface area contributed by atoms with E-state index >= 15 is 0 Å².